The summed E-state index contributed by atoms with van der Waals surface area (Å²) < 4.78 is 5.69. The summed E-state index contributed by atoms with van der Waals surface area (Å²) in [6.07, 6.45) is 0.342. The maximum atomic E-state index is 12.8. The number of amides is 3. The smallest absolute Gasteiger partial charge is 0.254 e. The number of nitriles is 1. The van der Waals surface area contributed by atoms with Crippen LogP contribution in [0.25, 0.3) is 0 Å². The summed E-state index contributed by atoms with van der Waals surface area (Å²) in [4.78, 5) is 41.2. The minimum Gasteiger partial charge on any atom is -0.372 e. The summed E-state index contributed by atoms with van der Waals surface area (Å²) >= 11 is 0. The van der Waals surface area contributed by atoms with Crippen LogP contribution in [0.15, 0.2) is 54.6 Å². The van der Waals surface area contributed by atoms with Crippen molar-refractivity contribution in [3.05, 3.63) is 65.7 Å². The first-order valence-electron chi connectivity index (χ1n) is 11.9. The van der Waals surface area contributed by atoms with Crippen molar-refractivity contribution >= 4 is 23.4 Å². The van der Waals surface area contributed by atoms with Gasteiger partial charge in [0.2, 0.25) is 11.8 Å². The molecule has 1 aliphatic rings. The van der Waals surface area contributed by atoms with Gasteiger partial charge in [-0.15, -0.1) is 0 Å². The Morgan fingerprint density at radius 3 is 2.31 bits per heavy atom. The zero-order valence-electron chi connectivity index (χ0n) is 20.3. The van der Waals surface area contributed by atoms with Gasteiger partial charge in [0.25, 0.3) is 5.91 Å². The number of para-hydroxylation sites is 1. The molecule has 184 valence electrons. The van der Waals surface area contributed by atoms with Gasteiger partial charge < -0.3 is 19.9 Å². The third-order valence-corrected chi connectivity index (χ3v) is 5.78. The Morgan fingerprint density at radius 2 is 1.69 bits per heavy atom. The monoisotopic (exact) mass is 476 g/mol. The van der Waals surface area contributed by atoms with Crippen molar-refractivity contribution in [1.82, 2.24) is 10.2 Å². The van der Waals surface area contributed by atoms with E-state index in [1.165, 1.54) is 0 Å². The summed E-state index contributed by atoms with van der Waals surface area (Å²) in [6, 6.07) is 18.4. The number of carbonyl (C=O) groups excluding carboxylic acids is 3. The molecule has 2 aromatic carbocycles. The second-order valence-corrected chi connectivity index (χ2v) is 8.73. The number of hydrogen-bond donors (Lipinski definition) is 1. The summed E-state index contributed by atoms with van der Waals surface area (Å²) in [5.41, 5.74) is 2.18. The molecule has 1 N–H and O–H groups in total. The molecule has 0 bridgehead atoms. The van der Waals surface area contributed by atoms with Crippen LogP contribution in [-0.2, 0) is 20.9 Å². The topological polar surface area (TPSA) is 103 Å². The molecular weight excluding hydrogens is 444 g/mol. The Balaban J connectivity index is 1.47. The predicted octanol–water partition coefficient (Wildman–Crippen LogP) is 3.28. The van der Waals surface area contributed by atoms with Gasteiger partial charge in [0.1, 0.15) is 0 Å². The number of morpholine rings is 1. The van der Waals surface area contributed by atoms with Gasteiger partial charge in [-0.3, -0.25) is 14.4 Å². The first-order chi connectivity index (χ1) is 16.9. The maximum Gasteiger partial charge on any atom is 0.254 e. The molecule has 0 spiro atoms. The van der Waals surface area contributed by atoms with Crippen LogP contribution in [0.1, 0.15) is 49.0 Å². The highest BCUT2D eigenvalue weighted by atomic mass is 16.5. The molecular formula is C27H32N4O4. The molecule has 3 rings (SSSR count). The molecule has 8 nitrogen and oxygen atoms in total. The Hall–Kier alpha value is -3.70. The van der Waals surface area contributed by atoms with E-state index in [0.29, 0.717) is 30.9 Å². The highest BCUT2D eigenvalue weighted by molar-refractivity contribution is 5.95. The lowest BCUT2D eigenvalue weighted by atomic mass is 10.1. The van der Waals surface area contributed by atoms with Crippen molar-refractivity contribution in [2.45, 2.75) is 51.9 Å². The van der Waals surface area contributed by atoms with Crippen LogP contribution in [0.3, 0.4) is 0 Å². The average Bonchev–Trinajstić information content (AvgIpc) is 2.86. The van der Waals surface area contributed by atoms with Crippen LogP contribution < -0.4 is 10.2 Å². The molecule has 2 atom stereocenters. The van der Waals surface area contributed by atoms with E-state index in [1.54, 1.807) is 17.0 Å². The third-order valence-electron chi connectivity index (χ3n) is 5.78. The number of benzene rings is 2. The van der Waals surface area contributed by atoms with E-state index in [0.717, 1.165) is 5.56 Å². The minimum atomic E-state index is -0.233. The normalized spacial score (nSPS) is 17.3. The van der Waals surface area contributed by atoms with Gasteiger partial charge in [-0.05, 0) is 43.7 Å². The molecule has 0 radical (unpaired) electrons. The average molecular weight is 477 g/mol. The Labute approximate surface area is 206 Å². The highest BCUT2D eigenvalue weighted by Crippen LogP contribution is 2.17. The zero-order chi connectivity index (χ0) is 25.2. The number of nitrogens with zero attached hydrogens (tertiary/aromatic N) is 3. The number of rotatable bonds is 9. The van der Waals surface area contributed by atoms with E-state index in [1.807, 2.05) is 61.2 Å². The van der Waals surface area contributed by atoms with Crippen LogP contribution in [0, 0.1) is 11.3 Å². The number of ether oxygens (including phenoxy) is 1. The van der Waals surface area contributed by atoms with E-state index in [2.05, 4.69) is 11.4 Å². The molecule has 0 aliphatic carbocycles. The molecule has 1 saturated heterocycles. The SMILES string of the molecule is CC1CN(C(=O)c2ccc(CNC(=O)CCC(=O)N(CCC#N)c3ccccc3)cc2)CC(C)O1. The summed E-state index contributed by atoms with van der Waals surface area (Å²) in [5.74, 6) is -0.459. The number of anilines is 1. The summed E-state index contributed by atoms with van der Waals surface area (Å²) in [6.45, 7) is 5.65. The maximum absolute atomic E-state index is 12.8. The fourth-order valence-electron chi connectivity index (χ4n) is 4.10. The fraction of sp³-hybridized carbons (Fsp3) is 0.407. The van der Waals surface area contributed by atoms with Gasteiger partial charge >= 0.3 is 0 Å². The molecule has 1 aliphatic heterocycles. The quantitative estimate of drug-likeness (QED) is 0.598. The van der Waals surface area contributed by atoms with Gasteiger partial charge in [0.05, 0.1) is 24.7 Å². The van der Waals surface area contributed by atoms with Gasteiger partial charge in [0.15, 0.2) is 0 Å². The van der Waals surface area contributed by atoms with Crippen LogP contribution in [0.5, 0.6) is 0 Å². The van der Waals surface area contributed by atoms with Crippen LogP contribution >= 0.6 is 0 Å². The molecule has 8 heteroatoms. The Morgan fingerprint density at radius 1 is 1.03 bits per heavy atom. The molecule has 35 heavy (non-hydrogen) atoms. The van der Waals surface area contributed by atoms with Gasteiger partial charge in [-0.2, -0.15) is 5.26 Å². The van der Waals surface area contributed by atoms with Crippen LogP contribution in [-0.4, -0.2) is 54.5 Å². The molecule has 1 heterocycles. The van der Waals surface area contributed by atoms with E-state index in [4.69, 9.17) is 10.00 Å². The summed E-state index contributed by atoms with van der Waals surface area (Å²) in [7, 11) is 0. The minimum absolute atomic E-state index is 0.00943. The Kier molecular flexibility index (Phi) is 9.39. The van der Waals surface area contributed by atoms with E-state index in [9.17, 15) is 14.4 Å². The molecule has 2 unspecified atom stereocenters. The second kappa shape index (κ2) is 12.7. The molecule has 0 aromatic heterocycles. The van der Waals surface area contributed by atoms with Crippen LogP contribution in [0.4, 0.5) is 5.69 Å². The fourth-order valence-corrected chi connectivity index (χ4v) is 4.10. The van der Waals surface area contributed by atoms with Crippen LogP contribution in [0.2, 0.25) is 0 Å². The summed E-state index contributed by atoms with van der Waals surface area (Å²) in [5, 5.41) is 11.7. The highest BCUT2D eigenvalue weighted by Gasteiger charge is 2.26. The van der Waals surface area contributed by atoms with E-state index < -0.39 is 0 Å². The number of hydrogen-bond acceptors (Lipinski definition) is 5. The Bertz CT molecular complexity index is 1040. The van der Waals surface area contributed by atoms with Gasteiger partial charge in [-0.25, -0.2) is 0 Å². The van der Waals surface area contributed by atoms with Gasteiger partial charge in [0, 0.05) is 50.3 Å². The number of carbonyl (C=O) groups is 3. The second-order valence-electron chi connectivity index (χ2n) is 8.73. The van der Waals surface area contributed by atoms with E-state index in [-0.39, 0.29) is 55.7 Å². The predicted molar refractivity (Wildman–Crippen MR) is 132 cm³/mol. The third kappa shape index (κ3) is 7.66. The first-order valence-corrected chi connectivity index (χ1v) is 11.9. The zero-order valence-corrected chi connectivity index (χ0v) is 20.3. The van der Waals surface area contributed by atoms with Crippen molar-refractivity contribution in [3.63, 3.8) is 0 Å². The molecule has 3 amide bonds. The van der Waals surface area contributed by atoms with E-state index >= 15 is 0 Å². The molecule has 0 saturated carbocycles. The first kappa shape index (κ1) is 25.9. The van der Waals surface area contributed by atoms with Gasteiger partial charge in [-0.1, -0.05) is 30.3 Å². The van der Waals surface area contributed by atoms with Crippen molar-refractivity contribution in [2.24, 2.45) is 0 Å². The lowest BCUT2D eigenvalue weighted by Gasteiger charge is -2.35. The number of nitrogens with one attached hydrogen (secondary N) is 1. The lowest BCUT2D eigenvalue weighted by Crippen LogP contribution is -2.48. The standard InChI is InChI=1S/C27H32N4O4/c1-20-18-30(19-21(2)35-20)27(34)23-11-9-22(10-12-23)17-29-25(32)13-14-26(33)31(16-6-15-28)24-7-4-3-5-8-24/h3-5,7-12,20-21H,6,13-14,16-19H2,1-2H3,(H,29,32). The largest absolute Gasteiger partial charge is 0.372 e. The lowest BCUT2D eigenvalue weighted by molar-refractivity contribution is -0.125. The van der Waals surface area contributed by atoms with Crippen molar-refractivity contribution in [1.29, 1.82) is 5.26 Å². The molecule has 1 fully saturated rings. The molecule has 2 aromatic rings. The van der Waals surface area contributed by atoms with Crippen molar-refractivity contribution in [3.8, 4) is 6.07 Å². The van der Waals surface area contributed by atoms with Crippen molar-refractivity contribution < 1.29 is 19.1 Å². The van der Waals surface area contributed by atoms with Crippen molar-refractivity contribution in [2.75, 3.05) is 24.5 Å².